The van der Waals surface area contributed by atoms with Crippen molar-refractivity contribution in [1.29, 1.82) is 0 Å². The zero-order chi connectivity index (χ0) is 13.4. The molecule has 0 spiro atoms. The predicted molar refractivity (Wildman–Crippen MR) is 64.8 cm³/mol. The Morgan fingerprint density at radius 1 is 1.16 bits per heavy atom. The van der Waals surface area contributed by atoms with Crippen LogP contribution in [0.25, 0.3) is 0 Å². The third-order valence-electron chi connectivity index (χ3n) is 5.02. The fourth-order valence-corrected chi connectivity index (χ4v) is 4.15. The molecule has 2 bridgehead atoms. The lowest BCUT2D eigenvalue weighted by molar-refractivity contribution is -0.314. The Morgan fingerprint density at radius 3 is 2.53 bits per heavy atom. The van der Waals surface area contributed by atoms with Gasteiger partial charge >= 0.3 is 0 Å². The van der Waals surface area contributed by atoms with Crippen LogP contribution < -0.4 is 10.4 Å². The second-order valence-electron chi connectivity index (χ2n) is 6.08. The van der Waals surface area contributed by atoms with E-state index < -0.39 is 11.9 Å². The highest BCUT2D eigenvalue weighted by Gasteiger charge is 2.51. The number of fused-ring (bicyclic) bond motifs is 2. The van der Waals surface area contributed by atoms with Gasteiger partial charge in [0.05, 0.1) is 6.10 Å². The minimum atomic E-state index is -1.05. The van der Waals surface area contributed by atoms with Crippen molar-refractivity contribution >= 4 is 11.9 Å². The molecule has 2 saturated carbocycles. The van der Waals surface area contributed by atoms with Gasteiger partial charge in [0.15, 0.2) is 0 Å². The third kappa shape index (κ3) is 2.36. The van der Waals surface area contributed by atoms with Crippen molar-refractivity contribution in [2.45, 2.75) is 38.2 Å². The van der Waals surface area contributed by atoms with Crippen molar-refractivity contribution in [2.24, 2.45) is 23.7 Å². The lowest BCUT2D eigenvalue weighted by atomic mass is 9.78. The summed E-state index contributed by atoms with van der Waals surface area (Å²) in [4.78, 5) is 23.5. The van der Waals surface area contributed by atoms with Gasteiger partial charge in [-0.15, -0.1) is 0 Å². The van der Waals surface area contributed by atoms with E-state index in [1.807, 2.05) is 0 Å². The van der Waals surface area contributed by atoms with E-state index in [-0.39, 0.29) is 29.8 Å². The van der Waals surface area contributed by atoms with Crippen molar-refractivity contribution in [3.63, 3.8) is 0 Å². The molecular weight excluding hydrogens is 246 g/mol. The van der Waals surface area contributed by atoms with Crippen LogP contribution in [0, 0.1) is 23.7 Å². The highest BCUT2D eigenvalue weighted by atomic mass is 16.5. The van der Waals surface area contributed by atoms with Crippen LogP contribution in [0.4, 0.5) is 0 Å². The number of hydrogen-bond donors (Lipinski definition) is 1. The predicted octanol–water partition coefficient (Wildman–Crippen LogP) is -0.306. The number of ether oxygens (including phenoxy) is 1. The fraction of sp³-hybridized carbons (Fsp3) is 0.857. The molecule has 1 amide bonds. The smallest absolute Gasteiger partial charge is 0.224 e. The van der Waals surface area contributed by atoms with Crippen LogP contribution >= 0.6 is 0 Å². The average Bonchev–Trinajstić information content (AvgIpc) is 3.10. The van der Waals surface area contributed by atoms with Gasteiger partial charge in [0.1, 0.15) is 0 Å². The maximum atomic E-state index is 12.2. The highest BCUT2D eigenvalue weighted by Crippen LogP contribution is 2.52. The van der Waals surface area contributed by atoms with Gasteiger partial charge in [-0.2, -0.15) is 0 Å². The number of carbonyl (C=O) groups is 2. The molecular formula is C14H20NO4-. The Morgan fingerprint density at radius 2 is 1.89 bits per heavy atom. The van der Waals surface area contributed by atoms with Gasteiger partial charge in [0.25, 0.3) is 0 Å². The monoisotopic (exact) mass is 266 g/mol. The van der Waals surface area contributed by atoms with Gasteiger partial charge in [-0.3, -0.25) is 4.79 Å². The number of amides is 1. The number of carbonyl (C=O) groups excluding carboxylic acids is 2. The van der Waals surface area contributed by atoms with Gasteiger partial charge in [0, 0.05) is 31.0 Å². The first-order valence-corrected chi connectivity index (χ1v) is 7.27. The van der Waals surface area contributed by atoms with Crippen molar-refractivity contribution in [1.82, 2.24) is 5.32 Å². The van der Waals surface area contributed by atoms with Crippen molar-refractivity contribution < 1.29 is 19.4 Å². The molecule has 19 heavy (non-hydrogen) atoms. The van der Waals surface area contributed by atoms with Crippen LogP contribution in [-0.4, -0.2) is 31.1 Å². The van der Waals surface area contributed by atoms with Crippen LogP contribution in [0.3, 0.4) is 0 Å². The summed E-state index contributed by atoms with van der Waals surface area (Å²) in [5.74, 6) is -1.75. The molecule has 1 heterocycles. The zero-order valence-corrected chi connectivity index (χ0v) is 11.0. The summed E-state index contributed by atoms with van der Waals surface area (Å²) in [6, 6.07) is 0. The molecule has 0 radical (unpaired) electrons. The molecule has 1 aliphatic heterocycles. The van der Waals surface area contributed by atoms with E-state index in [1.165, 1.54) is 0 Å². The lowest BCUT2D eigenvalue weighted by Gasteiger charge is -2.31. The van der Waals surface area contributed by atoms with Gasteiger partial charge in [-0.25, -0.2) is 0 Å². The molecule has 1 N–H and O–H groups in total. The largest absolute Gasteiger partial charge is 0.550 e. The first kappa shape index (κ1) is 12.9. The van der Waals surface area contributed by atoms with E-state index in [2.05, 4.69) is 5.32 Å². The molecule has 0 aromatic carbocycles. The second-order valence-corrected chi connectivity index (χ2v) is 6.08. The Balaban J connectivity index is 1.60. The number of carboxylic acids is 1. The number of nitrogens with one attached hydrogen (secondary N) is 1. The molecule has 5 nitrogen and oxygen atoms in total. The van der Waals surface area contributed by atoms with Crippen LogP contribution in [0.15, 0.2) is 0 Å². The normalized spacial score (nSPS) is 40.5. The van der Waals surface area contributed by atoms with Crippen LogP contribution in [-0.2, 0) is 14.3 Å². The molecule has 0 aromatic rings. The van der Waals surface area contributed by atoms with Crippen LogP contribution in [0.2, 0.25) is 0 Å². The van der Waals surface area contributed by atoms with Crippen LogP contribution in [0.1, 0.15) is 32.1 Å². The topological polar surface area (TPSA) is 78.5 Å². The molecule has 0 aromatic heterocycles. The standard InChI is InChI=1S/C14H21NO4/c16-13(15-7-10-2-1-5-19-10)11-8-3-4-9(6-8)12(11)14(17)18/h8-12H,1-7H2,(H,15,16)(H,17,18)/p-1/t8-,9+,10-,11+,12+/m1/s1. The maximum absolute atomic E-state index is 12.2. The van der Waals surface area contributed by atoms with E-state index in [9.17, 15) is 14.7 Å². The Bertz CT molecular complexity index is 378. The molecule has 3 rings (SSSR count). The van der Waals surface area contributed by atoms with Crippen molar-refractivity contribution in [2.75, 3.05) is 13.2 Å². The Hall–Kier alpha value is -1.10. The van der Waals surface area contributed by atoms with Crippen molar-refractivity contribution in [3.05, 3.63) is 0 Å². The molecule has 0 unspecified atom stereocenters. The van der Waals surface area contributed by atoms with Gasteiger partial charge in [-0.1, -0.05) is 0 Å². The SMILES string of the molecule is O=C([O-])[C@H]1[C@H]2CC[C@H](C2)[C@@H]1C(=O)NC[C@H]1CCCO1. The summed E-state index contributed by atoms with van der Waals surface area (Å²) in [5.41, 5.74) is 0. The quantitative estimate of drug-likeness (QED) is 0.757. The average molecular weight is 266 g/mol. The molecule has 5 heteroatoms. The van der Waals surface area contributed by atoms with E-state index in [1.54, 1.807) is 0 Å². The van der Waals surface area contributed by atoms with Gasteiger partial charge in [-0.05, 0) is 43.9 Å². The van der Waals surface area contributed by atoms with Gasteiger partial charge in [0.2, 0.25) is 5.91 Å². The lowest BCUT2D eigenvalue weighted by Crippen LogP contribution is -2.47. The number of carboxylic acid groups (broad SMARTS) is 1. The van der Waals surface area contributed by atoms with Crippen LogP contribution in [0.5, 0.6) is 0 Å². The summed E-state index contributed by atoms with van der Waals surface area (Å²) in [5, 5.41) is 14.1. The van der Waals surface area contributed by atoms with E-state index >= 15 is 0 Å². The molecule has 2 aliphatic carbocycles. The molecule has 5 atom stereocenters. The van der Waals surface area contributed by atoms with E-state index in [0.29, 0.717) is 6.54 Å². The van der Waals surface area contributed by atoms with Crippen molar-refractivity contribution in [3.8, 4) is 0 Å². The minimum absolute atomic E-state index is 0.101. The molecule has 3 aliphatic rings. The summed E-state index contributed by atoms with van der Waals surface area (Å²) in [7, 11) is 0. The highest BCUT2D eigenvalue weighted by molar-refractivity contribution is 5.85. The Labute approximate surface area is 112 Å². The zero-order valence-electron chi connectivity index (χ0n) is 11.0. The summed E-state index contributed by atoms with van der Waals surface area (Å²) in [6.07, 6.45) is 4.89. The van der Waals surface area contributed by atoms with E-state index in [4.69, 9.17) is 4.74 Å². The number of hydrogen-bond acceptors (Lipinski definition) is 4. The van der Waals surface area contributed by atoms with E-state index in [0.717, 1.165) is 38.7 Å². The Kier molecular flexibility index (Phi) is 3.48. The molecule has 3 fully saturated rings. The number of rotatable bonds is 4. The third-order valence-corrected chi connectivity index (χ3v) is 5.02. The number of aliphatic carboxylic acids is 1. The molecule has 1 saturated heterocycles. The molecule has 106 valence electrons. The van der Waals surface area contributed by atoms with Gasteiger partial charge < -0.3 is 20.0 Å². The minimum Gasteiger partial charge on any atom is -0.550 e. The second kappa shape index (κ2) is 5.12. The first-order chi connectivity index (χ1) is 9.16. The summed E-state index contributed by atoms with van der Waals surface area (Å²) >= 11 is 0. The summed E-state index contributed by atoms with van der Waals surface area (Å²) in [6.45, 7) is 1.27. The first-order valence-electron chi connectivity index (χ1n) is 7.27. The fourth-order valence-electron chi connectivity index (χ4n) is 4.15. The summed E-state index contributed by atoms with van der Waals surface area (Å²) < 4.78 is 5.46. The maximum Gasteiger partial charge on any atom is 0.224 e.